The van der Waals surface area contributed by atoms with Crippen molar-refractivity contribution < 1.29 is 13.9 Å². The van der Waals surface area contributed by atoms with Gasteiger partial charge < -0.3 is 19.9 Å². The van der Waals surface area contributed by atoms with Gasteiger partial charge in [0.2, 0.25) is 0 Å². The third-order valence-electron chi connectivity index (χ3n) is 5.08. The maximum absolute atomic E-state index is 14.0. The second-order valence-corrected chi connectivity index (χ2v) is 7.81. The zero-order valence-electron chi connectivity index (χ0n) is 16.7. The summed E-state index contributed by atoms with van der Waals surface area (Å²) in [6.45, 7) is 3.31. The summed E-state index contributed by atoms with van der Waals surface area (Å²) in [7, 11) is 1.62. The Balaban J connectivity index is 1.31. The van der Waals surface area contributed by atoms with E-state index in [1.807, 2.05) is 35.2 Å². The van der Waals surface area contributed by atoms with Crippen LogP contribution < -0.4 is 19.9 Å². The second kappa shape index (κ2) is 9.13. The van der Waals surface area contributed by atoms with E-state index in [-0.39, 0.29) is 11.7 Å². The number of hydrogen-bond acceptors (Lipinski definition) is 6. The van der Waals surface area contributed by atoms with Crippen LogP contribution in [0, 0.1) is 5.82 Å². The zero-order valence-corrected chi connectivity index (χ0v) is 17.5. The Morgan fingerprint density at radius 3 is 2.50 bits per heavy atom. The van der Waals surface area contributed by atoms with E-state index < -0.39 is 0 Å². The maximum atomic E-state index is 14.0. The quantitative estimate of drug-likeness (QED) is 0.653. The number of anilines is 2. The molecule has 156 valence electrons. The summed E-state index contributed by atoms with van der Waals surface area (Å²) in [6.07, 6.45) is 0. The van der Waals surface area contributed by atoms with Gasteiger partial charge in [-0.15, -0.1) is 11.3 Å². The molecule has 1 N–H and O–H groups in total. The van der Waals surface area contributed by atoms with Gasteiger partial charge in [-0.05, 0) is 29.8 Å². The van der Waals surface area contributed by atoms with Crippen molar-refractivity contribution in [2.75, 3.05) is 43.1 Å². The molecule has 0 saturated carbocycles. The minimum Gasteiger partial charge on any atom is -0.497 e. The van der Waals surface area contributed by atoms with Crippen LogP contribution in [-0.2, 0) is 6.54 Å². The number of amides is 1. The number of halogens is 1. The molecule has 1 aliphatic heterocycles. The number of aromatic nitrogens is 1. The van der Waals surface area contributed by atoms with E-state index in [0.717, 1.165) is 29.5 Å². The minimum absolute atomic E-state index is 0.196. The number of thiazole rings is 1. The Hall–Kier alpha value is -3.13. The fraction of sp³-hybridized carbons (Fsp3) is 0.273. The first-order valence-electron chi connectivity index (χ1n) is 9.75. The summed E-state index contributed by atoms with van der Waals surface area (Å²) in [4.78, 5) is 21.1. The highest BCUT2D eigenvalue weighted by atomic mass is 32.1. The van der Waals surface area contributed by atoms with Crippen LogP contribution in [0.25, 0.3) is 0 Å². The number of piperazine rings is 1. The molecule has 8 heteroatoms. The number of methoxy groups -OCH3 is 1. The molecule has 1 aromatic heterocycles. The van der Waals surface area contributed by atoms with Crippen LogP contribution in [0.3, 0.4) is 0 Å². The summed E-state index contributed by atoms with van der Waals surface area (Å²) in [5, 5.41) is 5.50. The molecule has 0 bridgehead atoms. The first-order chi connectivity index (χ1) is 14.6. The Labute approximate surface area is 178 Å². The van der Waals surface area contributed by atoms with Crippen molar-refractivity contribution in [3.05, 3.63) is 71.0 Å². The first kappa shape index (κ1) is 20.2. The number of carbonyl (C=O) groups is 1. The van der Waals surface area contributed by atoms with E-state index in [1.165, 1.54) is 17.4 Å². The molecule has 0 radical (unpaired) electrons. The summed E-state index contributed by atoms with van der Waals surface area (Å²) >= 11 is 1.46. The minimum atomic E-state index is -0.198. The van der Waals surface area contributed by atoms with E-state index in [2.05, 4.69) is 15.2 Å². The lowest BCUT2D eigenvalue weighted by molar-refractivity contribution is 0.0946. The van der Waals surface area contributed by atoms with Crippen molar-refractivity contribution in [2.24, 2.45) is 0 Å². The predicted octanol–water partition coefficient (Wildman–Crippen LogP) is 3.55. The highest BCUT2D eigenvalue weighted by Crippen LogP contribution is 2.25. The molecule has 30 heavy (non-hydrogen) atoms. The predicted molar refractivity (Wildman–Crippen MR) is 117 cm³/mol. The van der Waals surface area contributed by atoms with Gasteiger partial charge in [0.05, 0.1) is 12.8 Å². The molecule has 1 aliphatic rings. The lowest BCUT2D eigenvalue weighted by atomic mass is 10.2. The number of rotatable bonds is 6. The molecule has 1 fully saturated rings. The van der Waals surface area contributed by atoms with Gasteiger partial charge in [0, 0.05) is 38.1 Å². The van der Waals surface area contributed by atoms with Gasteiger partial charge in [0.1, 0.15) is 17.3 Å². The smallest absolute Gasteiger partial charge is 0.271 e. The standard InChI is InChI=1S/C22H23FN4O2S/c1-29-17-8-6-16(7-9-17)14-24-21(28)19-15-30-22(25-19)27-12-10-26(11-13-27)20-5-3-2-4-18(20)23/h2-9,15H,10-14H2,1H3,(H,24,28). The molecule has 2 aromatic carbocycles. The number of hydrogen-bond donors (Lipinski definition) is 1. The molecule has 6 nitrogen and oxygen atoms in total. The van der Waals surface area contributed by atoms with Crippen LogP contribution in [0.5, 0.6) is 5.75 Å². The number of benzene rings is 2. The summed E-state index contributed by atoms with van der Waals surface area (Å²) in [6, 6.07) is 14.4. The highest BCUT2D eigenvalue weighted by molar-refractivity contribution is 7.13. The summed E-state index contributed by atoms with van der Waals surface area (Å²) in [5.41, 5.74) is 2.04. The summed E-state index contributed by atoms with van der Waals surface area (Å²) < 4.78 is 19.1. The topological polar surface area (TPSA) is 57.7 Å². The van der Waals surface area contributed by atoms with E-state index in [0.29, 0.717) is 31.0 Å². The number of nitrogens with one attached hydrogen (secondary N) is 1. The van der Waals surface area contributed by atoms with Gasteiger partial charge in [-0.25, -0.2) is 9.37 Å². The Morgan fingerprint density at radius 2 is 1.80 bits per heavy atom. The molecular formula is C22H23FN4O2S. The number of para-hydroxylation sites is 1. The van der Waals surface area contributed by atoms with E-state index in [1.54, 1.807) is 24.6 Å². The third kappa shape index (κ3) is 4.54. The monoisotopic (exact) mass is 426 g/mol. The fourth-order valence-electron chi connectivity index (χ4n) is 3.38. The fourth-order valence-corrected chi connectivity index (χ4v) is 4.24. The lowest BCUT2D eigenvalue weighted by Crippen LogP contribution is -2.46. The average molecular weight is 427 g/mol. The van der Waals surface area contributed by atoms with E-state index in [9.17, 15) is 9.18 Å². The molecule has 4 rings (SSSR count). The van der Waals surface area contributed by atoms with Crippen molar-refractivity contribution in [1.29, 1.82) is 0 Å². The van der Waals surface area contributed by atoms with Crippen LogP contribution in [-0.4, -0.2) is 44.2 Å². The normalized spacial score (nSPS) is 13.9. The Morgan fingerprint density at radius 1 is 1.10 bits per heavy atom. The van der Waals surface area contributed by atoms with Gasteiger partial charge in [-0.1, -0.05) is 24.3 Å². The lowest BCUT2D eigenvalue weighted by Gasteiger charge is -2.36. The molecule has 0 unspecified atom stereocenters. The Kier molecular flexibility index (Phi) is 6.13. The number of carbonyl (C=O) groups excluding carboxylic acids is 1. The second-order valence-electron chi connectivity index (χ2n) is 6.97. The molecular weight excluding hydrogens is 403 g/mol. The SMILES string of the molecule is COc1ccc(CNC(=O)c2csc(N3CCN(c4ccccc4F)CC3)n2)cc1. The molecule has 2 heterocycles. The van der Waals surface area contributed by atoms with Crippen LogP contribution in [0.1, 0.15) is 16.1 Å². The summed E-state index contributed by atoms with van der Waals surface area (Å²) in [5.74, 6) is 0.388. The third-order valence-corrected chi connectivity index (χ3v) is 5.98. The van der Waals surface area contributed by atoms with Gasteiger partial charge in [0.15, 0.2) is 5.13 Å². The van der Waals surface area contributed by atoms with E-state index in [4.69, 9.17) is 4.74 Å². The van der Waals surface area contributed by atoms with Gasteiger partial charge in [0.25, 0.3) is 5.91 Å². The van der Waals surface area contributed by atoms with Crippen molar-refractivity contribution in [3.63, 3.8) is 0 Å². The van der Waals surface area contributed by atoms with Crippen molar-refractivity contribution in [3.8, 4) is 5.75 Å². The van der Waals surface area contributed by atoms with Crippen molar-refractivity contribution >= 4 is 28.1 Å². The molecule has 3 aromatic rings. The van der Waals surface area contributed by atoms with Crippen molar-refractivity contribution in [1.82, 2.24) is 10.3 Å². The largest absolute Gasteiger partial charge is 0.497 e. The van der Waals surface area contributed by atoms with Gasteiger partial charge >= 0.3 is 0 Å². The molecule has 0 atom stereocenters. The van der Waals surface area contributed by atoms with Crippen LogP contribution >= 0.6 is 11.3 Å². The molecule has 0 aliphatic carbocycles. The maximum Gasteiger partial charge on any atom is 0.271 e. The number of ether oxygens (including phenoxy) is 1. The zero-order chi connectivity index (χ0) is 20.9. The van der Waals surface area contributed by atoms with Gasteiger partial charge in [-0.3, -0.25) is 4.79 Å². The average Bonchev–Trinajstić information content (AvgIpc) is 3.29. The van der Waals surface area contributed by atoms with E-state index >= 15 is 0 Å². The van der Waals surface area contributed by atoms with Crippen LogP contribution in [0.15, 0.2) is 53.9 Å². The molecule has 0 spiro atoms. The van der Waals surface area contributed by atoms with Crippen molar-refractivity contribution in [2.45, 2.75) is 6.54 Å². The number of nitrogens with zero attached hydrogens (tertiary/aromatic N) is 3. The van der Waals surface area contributed by atoms with Crippen LogP contribution in [0.4, 0.5) is 15.2 Å². The molecule has 1 amide bonds. The molecule has 1 saturated heterocycles. The first-order valence-corrected chi connectivity index (χ1v) is 10.6. The van der Waals surface area contributed by atoms with Crippen LogP contribution in [0.2, 0.25) is 0 Å². The Bertz CT molecular complexity index is 1000. The van der Waals surface area contributed by atoms with Gasteiger partial charge in [-0.2, -0.15) is 0 Å². The highest BCUT2D eigenvalue weighted by Gasteiger charge is 2.22.